The average molecular weight is 363 g/mol. The van der Waals surface area contributed by atoms with Crippen molar-refractivity contribution < 1.29 is 4.79 Å². The predicted octanol–water partition coefficient (Wildman–Crippen LogP) is 4.85. The molecule has 4 bridgehead atoms. The molecule has 4 aliphatic rings. The van der Waals surface area contributed by atoms with E-state index in [9.17, 15) is 4.79 Å². The molecule has 22 heavy (non-hydrogen) atoms. The second-order valence-electron chi connectivity index (χ2n) is 7.74. The average Bonchev–Trinajstić information content (AvgIpc) is 2.39. The summed E-state index contributed by atoms with van der Waals surface area (Å²) in [5.74, 6) is 2.54. The van der Waals surface area contributed by atoms with Gasteiger partial charge in [-0.2, -0.15) is 0 Å². The number of carbonyl (C=O) groups excluding carboxylic acids is 1. The Bertz CT molecular complexity index is 578. The summed E-state index contributed by atoms with van der Waals surface area (Å²) in [6, 6.07) is 5.92. The van der Waals surface area contributed by atoms with Crippen molar-refractivity contribution in [2.24, 2.45) is 17.8 Å². The first kappa shape index (κ1) is 14.6. The van der Waals surface area contributed by atoms with Crippen molar-refractivity contribution in [2.75, 3.05) is 5.32 Å². The molecule has 118 valence electrons. The maximum Gasteiger partial charge on any atom is 0.319 e. The van der Waals surface area contributed by atoms with Crippen molar-refractivity contribution >= 4 is 27.6 Å². The minimum absolute atomic E-state index is 0.0348. The van der Waals surface area contributed by atoms with E-state index < -0.39 is 0 Å². The Morgan fingerprint density at radius 2 is 1.73 bits per heavy atom. The largest absolute Gasteiger partial charge is 0.332 e. The number of rotatable bonds is 2. The summed E-state index contributed by atoms with van der Waals surface area (Å²) >= 11 is 3.46. The van der Waals surface area contributed by atoms with Crippen LogP contribution in [0, 0.1) is 24.7 Å². The summed E-state index contributed by atoms with van der Waals surface area (Å²) in [6.45, 7) is 2.02. The molecule has 1 aromatic rings. The van der Waals surface area contributed by atoms with E-state index in [1.54, 1.807) is 0 Å². The lowest BCUT2D eigenvalue weighted by molar-refractivity contribution is -0.0127. The van der Waals surface area contributed by atoms with Gasteiger partial charge in [0.05, 0.1) is 0 Å². The third-order valence-electron chi connectivity index (χ3n) is 5.85. The van der Waals surface area contributed by atoms with Crippen LogP contribution in [0.25, 0.3) is 0 Å². The Hall–Kier alpha value is -1.03. The van der Waals surface area contributed by atoms with Gasteiger partial charge in [0, 0.05) is 15.7 Å². The summed E-state index contributed by atoms with van der Waals surface area (Å²) in [4.78, 5) is 12.5. The molecule has 0 unspecified atom stereocenters. The van der Waals surface area contributed by atoms with Crippen LogP contribution < -0.4 is 10.6 Å². The third kappa shape index (κ3) is 2.66. The highest BCUT2D eigenvalue weighted by Gasteiger charge is 2.51. The Morgan fingerprint density at radius 3 is 2.27 bits per heavy atom. The number of nitrogens with one attached hydrogen (secondary N) is 2. The smallest absolute Gasteiger partial charge is 0.319 e. The zero-order chi connectivity index (χ0) is 15.3. The molecule has 0 spiro atoms. The molecule has 0 aliphatic heterocycles. The first-order chi connectivity index (χ1) is 10.5. The standard InChI is InChI=1S/C18H23BrN2O/c1-11-4-15(19)2-3-16(11)20-17(22)21-18-8-12-5-13(9-18)7-14(6-12)10-18/h2-4,12-14H,5-10H2,1H3,(H2,20,21,22). The Morgan fingerprint density at radius 1 is 1.14 bits per heavy atom. The van der Waals surface area contributed by atoms with E-state index >= 15 is 0 Å². The van der Waals surface area contributed by atoms with Gasteiger partial charge in [0.1, 0.15) is 0 Å². The van der Waals surface area contributed by atoms with E-state index in [1.807, 2.05) is 25.1 Å². The monoisotopic (exact) mass is 362 g/mol. The number of hydrogen-bond acceptors (Lipinski definition) is 1. The van der Waals surface area contributed by atoms with E-state index in [4.69, 9.17) is 0 Å². The maximum absolute atomic E-state index is 12.5. The van der Waals surface area contributed by atoms with Gasteiger partial charge in [0.15, 0.2) is 0 Å². The van der Waals surface area contributed by atoms with Gasteiger partial charge in [-0.1, -0.05) is 15.9 Å². The molecule has 4 heteroatoms. The van der Waals surface area contributed by atoms with Gasteiger partial charge < -0.3 is 10.6 Å². The van der Waals surface area contributed by atoms with Crippen LogP contribution in [0.5, 0.6) is 0 Å². The highest BCUT2D eigenvalue weighted by Crippen LogP contribution is 2.55. The summed E-state index contributed by atoms with van der Waals surface area (Å²) < 4.78 is 1.04. The van der Waals surface area contributed by atoms with E-state index in [-0.39, 0.29) is 11.6 Å². The van der Waals surface area contributed by atoms with Crippen molar-refractivity contribution in [1.29, 1.82) is 0 Å². The molecule has 0 radical (unpaired) electrons. The van der Waals surface area contributed by atoms with E-state index in [2.05, 4.69) is 26.6 Å². The fraction of sp³-hybridized carbons (Fsp3) is 0.611. The number of benzene rings is 1. The number of halogens is 1. The number of anilines is 1. The second-order valence-corrected chi connectivity index (χ2v) is 8.65. The molecule has 0 aromatic heterocycles. The van der Waals surface area contributed by atoms with Crippen LogP contribution in [0.15, 0.2) is 22.7 Å². The normalized spacial score (nSPS) is 35.5. The predicted molar refractivity (Wildman–Crippen MR) is 91.9 cm³/mol. The van der Waals surface area contributed by atoms with Crippen molar-refractivity contribution in [3.63, 3.8) is 0 Å². The van der Waals surface area contributed by atoms with Crippen LogP contribution in [-0.2, 0) is 0 Å². The molecular formula is C18H23BrN2O. The SMILES string of the molecule is Cc1cc(Br)ccc1NC(=O)NC12CC3CC(CC(C3)C1)C2. The number of hydrogen-bond donors (Lipinski definition) is 2. The van der Waals surface area contributed by atoms with E-state index in [1.165, 1.54) is 38.5 Å². The summed E-state index contributed by atoms with van der Waals surface area (Å²) in [5.41, 5.74) is 2.04. The Labute approximate surface area is 140 Å². The zero-order valence-corrected chi connectivity index (χ0v) is 14.6. The lowest BCUT2D eigenvalue weighted by Gasteiger charge is -2.56. The molecule has 0 saturated heterocycles. The molecule has 5 rings (SSSR count). The number of amides is 2. The van der Waals surface area contributed by atoms with Gasteiger partial charge in [0.2, 0.25) is 0 Å². The third-order valence-corrected chi connectivity index (χ3v) is 6.35. The molecule has 2 amide bonds. The van der Waals surface area contributed by atoms with Gasteiger partial charge in [-0.3, -0.25) is 0 Å². The van der Waals surface area contributed by atoms with Gasteiger partial charge in [-0.25, -0.2) is 4.79 Å². The van der Waals surface area contributed by atoms with E-state index in [0.717, 1.165) is 33.5 Å². The van der Waals surface area contributed by atoms with Gasteiger partial charge in [0.25, 0.3) is 0 Å². The Kier molecular flexibility index (Phi) is 3.48. The fourth-order valence-electron chi connectivity index (χ4n) is 5.43. The van der Waals surface area contributed by atoms with Crippen molar-refractivity contribution in [1.82, 2.24) is 5.32 Å². The highest BCUT2D eigenvalue weighted by atomic mass is 79.9. The first-order valence-corrected chi connectivity index (χ1v) is 9.16. The molecule has 3 nitrogen and oxygen atoms in total. The molecule has 0 atom stereocenters. The van der Waals surface area contributed by atoms with Gasteiger partial charge in [-0.05, 0) is 87.0 Å². The van der Waals surface area contributed by atoms with Crippen molar-refractivity contribution in [3.05, 3.63) is 28.2 Å². The maximum atomic E-state index is 12.5. The highest BCUT2D eigenvalue weighted by molar-refractivity contribution is 9.10. The summed E-state index contributed by atoms with van der Waals surface area (Å²) in [6.07, 6.45) is 7.75. The van der Waals surface area contributed by atoms with Crippen LogP contribution >= 0.6 is 15.9 Å². The second kappa shape index (κ2) is 5.26. The molecular weight excluding hydrogens is 340 g/mol. The molecule has 2 N–H and O–H groups in total. The molecule has 4 saturated carbocycles. The number of aryl methyl sites for hydroxylation is 1. The van der Waals surface area contributed by atoms with Gasteiger partial charge >= 0.3 is 6.03 Å². The van der Waals surface area contributed by atoms with Crippen LogP contribution in [0.1, 0.15) is 44.1 Å². The summed E-state index contributed by atoms with van der Waals surface area (Å²) in [5, 5.41) is 6.39. The zero-order valence-electron chi connectivity index (χ0n) is 13.0. The molecule has 1 aromatic carbocycles. The molecule has 4 fully saturated rings. The topological polar surface area (TPSA) is 41.1 Å². The Balaban J connectivity index is 1.46. The van der Waals surface area contributed by atoms with Crippen molar-refractivity contribution in [3.8, 4) is 0 Å². The van der Waals surface area contributed by atoms with Crippen LogP contribution in [0.4, 0.5) is 10.5 Å². The number of urea groups is 1. The van der Waals surface area contributed by atoms with Gasteiger partial charge in [-0.15, -0.1) is 0 Å². The van der Waals surface area contributed by atoms with Crippen LogP contribution in [0.2, 0.25) is 0 Å². The molecule has 0 heterocycles. The van der Waals surface area contributed by atoms with Crippen LogP contribution in [-0.4, -0.2) is 11.6 Å². The first-order valence-electron chi connectivity index (χ1n) is 8.37. The quantitative estimate of drug-likeness (QED) is 0.775. The molecule has 4 aliphatic carbocycles. The van der Waals surface area contributed by atoms with Crippen LogP contribution in [0.3, 0.4) is 0 Å². The van der Waals surface area contributed by atoms with E-state index in [0.29, 0.717) is 0 Å². The lowest BCUT2D eigenvalue weighted by Crippen LogP contribution is -2.60. The minimum atomic E-state index is -0.0348. The lowest BCUT2D eigenvalue weighted by atomic mass is 9.53. The van der Waals surface area contributed by atoms with Crippen molar-refractivity contribution in [2.45, 2.75) is 51.0 Å². The fourth-order valence-corrected chi connectivity index (χ4v) is 5.90. The summed E-state index contributed by atoms with van der Waals surface area (Å²) in [7, 11) is 0. The minimum Gasteiger partial charge on any atom is -0.332 e. The number of carbonyl (C=O) groups is 1.